The lowest BCUT2D eigenvalue weighted by atomic mass is 9.71. The fourth-order valence-electron chi connectivity index (χ4n) is 7.54. The molecular formula is C29H52F2O4S. The van der Waals surface area contributed by atoms with Crippen molar-refractivity contribution in [2.75, 3.05) is 13.2 Å². The van der Waals surface area contributed by atoms with Crippen LogP contribution in [0.15, 0.2) is 0 Å². The van der Waals surface area contributed by atoms with Crippen LogP contribution in [0.3, 0.4) is 0 Å². The van der Waals surface area contributed by atoms with Gasteiger partial charge in [-0.2, -0.15) is 0 Å². The summed E-state index contributed by atoms with van der Waals surface area (Å²) in [4.78, 5) is 0. The van der Waals surface area contributed by atoms with Crippen molar-refractivity contribution in [1.82, 2.24) is 0 Å². The highest BCUT2D eigenvalue weighted by molar-refractivity contribution is 8.00. The molecule has 0 spiro atoms. The average Bonchev–Trinajstić information content (AvgIpc) is 3.58. The van der Waals surface area contributed by atoms with Gasteiger partial charge in [-0.05, 0) is 81.0 Å². The van der Waals surface area contributed by atoms with Crippen molar-refractivity contribution < 1.29 is 29.2 Å². The molecule has 5 aliphatic rings. The smallest absolute Gasteiger partial charge is 0.138 e. The van der Waals surface area contributed by atoms with Crippen LogP contribution in [0.4, 0.5) is 8.78 Å². The van der Waals surface area contributed by atoms with E-state index in [2.05, 4.69) is 6.92 Å². The Hall–Kier alpha value is 0.0500. The second-order valence-corrected chi connectivity index (χ2v) is 13.7. The molecule has 8 atom stereocenters. The SMILES string of the molecule is CCCCCCOC1CCC2C3CCC(OCC4CCC(CC5CC5)CC4)C(F)C3SC2C1F.O.O. The van der Waals surface area contributed by atoms with Crippen LogP contribution in [0.25, 0.3) is 0 Å². The molecule has 5 fully saturated rings. The lowest BCUT2D eigenvalue weighted by Gasteiger charge is -2.39. The van der Waals surface area contributed by atoms with Crippen molar-refractivity contribution in [3.05, 3.63) is 0 Å². The third-order valence-corrected chi connectivity index (χ3v) is 11.7. The molecular weight excluding hydrogens is 482 g/mol. The molecule has 4 saturated carbocycles. The first kappa shape index (κ1) is 30.6. The number of hydrogen-bond acceptors (Lipinski definition) is 3. The van der Waals surface area contributed by atoms with Gasteiger partial charge in [0.2, 0.25) is 0 Å². The zero-order valence-corrected chi connectivity index (χ0v) is 23.2. The maximum atomic E-state index is 15.7. The van der Waals surface area contributed by atoms with Crippen LogP contribution in [-0.4, -0.2) is 59.2 Å². The molecule has 0 radical (unpaired) electrons. The molecule has 1 heterocycles. The second-order valence-electron chi connectivity index (χ2n) is 12.3. The molecule has 0 amide bonds. The topological polar surface area (TPSA) is 81.5 Å². The molecule has 0 aromatic heterocycles. The highest BCUT2D eigenvalue weighted by Gasteiger charge is 2.56. The van der Waals surface area contributed by atoms with Crippen LogP contribution in [0, 0.1) is 29.6 Å². The van der Waals surface area contributed by atoms with E-state index in [-0.39, 0.29) is 33.7 Å². The summed E-state index contributed by atoms with van der Waals surface area (Å²) in [6.45, 7) is 3.60. The van der Waals surface area contributed by atoms with E-state index in [1.54, 1.807) is 11.8 Å². The number of hydrogen-bond donors (Lipinski definition) is 0. The number of halogens is 2. The number of alkyl halides is 2. The number of unbranched alkanes of at least 4 members (excludes halogenated alkanes) is 3. The molecule has 5 rings (SSSR count). The highest BCUT2D eigenvalue weighted by Crippen LogP contribution is 2.56. The van der Waals surface area contributed by atoms with Gasteiger partial charge in [-0.15, -0.1) is 11.8 Å². The molecule has 212 valence electrons. The third-order valence-electron chi connectivity index (χ3n) is 9.82. The Kier molecular flexibility index (Phi) is 12.3. The Morgan fingerprint density at radius 2 is 1.17 bits per heavy atom. The molecule has 0 aromatic carbocycles. The highest BCUT2D eigenvalue weighted by atomic mass is 32.2. The second kappa shape index (κ2) is 14.4. The van der Waals surface area contributed by atoms with Crippen molar-refractivity contribution in [3.63, 3.8) is 0 Å². The largest absolute Gasteiger partial charge is 0.412 e. The van der Waals surface area contributed by atoms with E-state index in [0.29, 0.717) is 24.4 Å². The van der Waals surface area contributed by atoms with Gasteiger partial charge in [0.25, 0.3) is 0 Å². The van der Waals surface area contributed by atoms with E-state index in [1.165, 1.54) is 57.8 Å². The fraction of sp³-hybridized carbons (Fsp3) is 1.00. The van der Waals surface area contributed by atoms with Crippen LogP contribution in [0.2, 0.25) is 0 Å². The van der Waals surface area contributed by atoms with E-state index in [0.717, 1.165) is 57.0 Å². The molecule has 36 heavy (non-hydrogen) atoms. The Balaban J connectivity index is 0.00000180. The van der Waals surface area contributed by atoms with Gasteiger partial charge in [0, 0.05) is 23.7 Å². The van der Waals surface area contributed by atoms with Crippen LogP contribution in [0.1, 0.15) is 103 Å². The zero-order chi connectivity index (χ0) is 23.5. The molecule has 0 aromatic rings. The maximum Gasteiger partial charge on any atom is 0.138 e. The Morgan fingerprint density at radius 1 is 0.639 bits per heavy atom. The summed E-state index contributed by atoms with van der Waals surface area (Å²) in [5, 5.41) is -0.160. The van der Waals surface area contributed by atoms with Crippen molar-refractivity contribution in [2.24, 2.45) is 29.6 Å². The minimum Gasteiger partial charge on any atom is -0.412 e. The van der Waals surface area contributed by atoms with E-state index >= 15 is 8.78 Å². The van der Waals surface area contributed by atoms with Gasteiger partial charge >= 0.3 is 0 Å². The van der Waals surface area contributed by atoms with Crippen LogP contribution in [-0.2, 0) is 9.47 Å². The van der Waals surface area contributed by atoms with Gasteiger partial charge in [-0.1, -0.05) is 51.9 Å². The first-order chi connectivity index (χ1) is 16.6. The summed E-state index contributed by atoms with van der Waals surface area (Å²) in [6, 6.07) is 0. The average molecular weight is 535 g/mol. The summed E-state index contributed by atoms with van der Waals surface area (Å²) in [5.74, 6) is 3.23. The summed E-state index contributed by atoms with van der Waals surface area (Å²) < 4.78 is 43.3. The first-order valence-corrected chi connectivity index (χ1v) is 15.7. The Labute approximate surface area is 222 Å². The fourth-order valence-corrected chi connectivity index (χ4v) is 9.63. The molecule has 8 unspecified atom stereocenters. The predicted molar refractivity (Wildman–Crippen MR) is 144 cm³/mol. The minimum absolute atomic E-state index is 0. The third kappa shape index (κ3) is 7.37. The van der Waals surface area contributed by atoms with E-state index in [9.17, 15) is 0 Å². The summed E-state index contributed by atoms with van der Waals surface area (Å²) in [5.41, 5.74) is 0. The summed E-state index contributed by atoms with van der Waals surface area (Å²) in [6.07, 6.45) is 15.4. The van der Waals surface area contributed by atoms with Crippen LogP contribution < -0.4 is 0 Å². The number of rotatable bonds is 11. The standard InChI is InChI=1S/C29H48F2O2S.2H2O/c1-2-3-4-5-16-32-24-14-12-22-23-13-15-25(27(31)29(23)34-28(22)26(24)30)33-18-21-10-8-20(9-11-21)17-19-6-7-19;;/h19-29H,2-18H2,1H3;2*1H2. The Morgan fingerprint density at radius 3 is 1.72 bits per heavy atom. The lowest BCUT2D eigenvalue weighted by Crippen LogP contribution is -2.45. The van der Waals surface area contributed by atoms with E-state index in [4.69, 9.17) is 9.47 Å². The van der Waals surface area contributed by atoms with Gasteiger partial charge in [0.1, 0.15) is 12.3 Å². The van der Waals surface area contributed by atoms with E-state index < -0.39 is 12.3 Å². The number of fused-ring (bicyclic) bond motifs is 3. The van der Waals surface area contributed by atoms with Crippen molar-refractivity contribution >= 4 is 11.8 Å². The molecule has 4 aliphatic carbocycles. The van der Waals surface area contributed by atoms with Crippen LogP contribution >= 0.6 is 11.8 Å². The van der Waals surface area contributed by atoms with Gasteiger partial charge < -0.3 is 20.4 Å². The molecule has 1 saturated heterocycles. The number of thioether (sulfide) groups is 1. The zero-order valence-electron chi connectivity index (χ0n) is 22.4. The first-order valence-electron chi connectivity index (χ1n) is 14.8. The quantitative estimate of drug-likeness (QED) is 0.293. The Bertz CT molecular complexity index is 630. The van der Waals surface area contributed by atoms with Gasteiger partial charge in [-0.25, -0.2) is 8.78 Å². The summed E-state index contributed by atoms with van der Waals surface area (Å²) >= 11 is 1.61. The van der Waals surface area contributed by atoms with Gasteiger partial charge in [0.05, 0.1) is 12.2 Å². The number of ether oxygens (including phenoxy) is 2. The molecule has 0 bridgehead atoms. The van der Waals surface area contributed by atoms with Crippen LogP contribution in [0.5, 0.6) is 0 Å². The monoisotopic (exact) mass is 534 g/mol. The predicted octanol–water partition coefficient (Wildman–Crippen LogP) is 6.27. The normalized spacial score (nSPS) is 42.1. The van der Waals surface area contributed by atoms with Crippen molar-refractivity contribution in [3.8, 4) is 0 Å². The van der Waals surface area contributed by atoms with E-state index in [1.807, 2.05) is 0 Å². The van der Waals surface area contributed by atoms with Gasteiger partial charge in [0.15, 0.2) is 0 Å². The lowest BCUT2D eigenvalue weighted by molar-refractivity contribution is -0.0640. The molecule has 4 nitrogen and oxygen atoms in total. The molecule has 4 N–H and O–H groups in total. The molecule has 1 aliphatic heterocycles. The van der Waals surface area contributed by atoms with Gasteiger partial charge in [-0.3, -0.25) is 0 Å². The summed E-state index contributed by atoms with van der Waals surface area (Å²) in [7, 11) is 0. The van der Waals surface area contributed by atoms with Crippen molar-refractivity contribution in [2.45, 2.75) is 138 Å². The minimum atomic E-state index is -0.946. The maximum absolute atomic E-state index is 15.7. The molecule has 7 heteroatoms. The van der Waals surface area contributed by atoms with Crippen molar-refractivity contribution in [1.29, 1.82) is 0 Å².